The number of hydrogen-bond donors (Lipinski definition) is 7. The molecular weight excluding hydrogens is 456 g/mol. The second-order valence-corrected chi connectivity index (χ2v) is 9.50. The molecule has 10 atom stereocenters. The molecule has 0 saturated carbocycles. The molecule has 3 aliphatic rings. The van der Waals surface area contributed by atoms with Crippen LogP contribution in [0.2, 0.25) is 0 Å². The van der Waals surface area contributed by atoms with Crippen LogP contribution in [0.5, 0.6) is 0 Å². The summed E-state index contributed by atoms with van der Waals surface area (Å²) in [5, 5.41) is 70.0. The van der Waals surface area contributed by atoms with Crippen LogP contribution in [0.1, 0.15) is 27.2 Å². The Hall–Kier alpha value is -1.45. The van der Waals surface area contributed by atoms with Gasteiger partial charge in [-0.3, -0.25) is 0 Å². The van der Waals surface area contributed by atoms with E-state index in [0.717, 1.165) is 0 Å². The molecule has 3 rings (SSSR count). The van der Waals surface area contributed by atoms with Crippen LogP contribution < -0.4 is 0 Å². The highest BCUT2D eigenvalue weighted by Gasteiger charge is 2.48. The molecule has 0 unspecified atom stereocenters. The van der Waals surface area contributed by atoms with Gasteiger partial charge in [-0.05, 0) is 18.9 Å². The lowest BCUT2D eigenvalue weighted by molar-refractivity contribution is -0.326. The van der Waals surface area contributed by atoms with Crippen LogP contribution in [-0.4, -0.2) is 116 Å². The van der Waals surface area contributed by atoms with Gasteiger partial charge in [-0.2, -0.15) is 0 Å². The first kappa shape index (κ1) is 27.1. The molecule has 0 aromatic heterocycles. The Labute approximate surface area is 196 Å². The first-order valence-corrected chi connectivity index (χ1v) is 11.1. The molecular formula is C22H34O12. The Bertz CT molecular complexity index is 793. The van der Waals surface area contributed by atoms with Crippen molar-refractivity contribution < 1.29 is 59.5 Å². The number of ether oxygens (including phenoxy) is 4. The summed E-state index contributed by atoms with van der Waals surface area (Å²) in [5.74, 6) is -0.743. The molecule has 7 N–H and O–H groups in total. The van der Waals surface area contributed by atoms with Crippen LogP contribution in [0.3, 0.4) is 0 Å². The van der Waals surface area contributed by atoms with Gasteiger partial charge in [0, 0.05) is 11.0 Å². The normalized spacial score (nSPS) is 42.5. The lowest BCUT2D eigenvalue weighted by atomic mass is 9.76. The quantitative estimate of drug-likeness (QED) is 0.193. The number of aliphatic hydroxyl groups is 7. The molecule has 12 heteroatoms. The molecule has 2 fully saturated rings. The minimum Gasteiger partial charge on any atom is -0.429 e. The predicted octanol–water partition coefficient (Wildman–Crippen LogP) is -2.54. The van der Waals surface area contributed by atoms with Crippen LogP contribution in [0.4, 0.5) is 0 Å². The lowest BCUT2D eigenvalue weighted by Gasteiger charge is -2.42. The zero-order valence-electron chi connectivity index (χ0n) is 19.2. The molecule has 0 bridgehead atoms. The van der Waals surface area contributed by atoms with Gasteiger partial charge in [-0.1, -0.05) is 26.0 Å². The molecule has 2 heterocycles. The minimum atomic E-state index is -1.75. The van der Waals surface area contributed by atoms with Crippen LogP contribution in [0, 0.1) is 5.41 Å². The fourth-order valence-electron chi connectivity index (χ4n) is 4.40. The van der Waals surface area contributed by atoms with E-state index < -0.39 is 86.0 Å². The number of carbonyl (C=O) groups is 1. The Morgan fingerprint density at radius 1 is 0.941 bits per heavy atom. The standard InChI is InChI=1S/C22H34O12/c1-9-5-4-6-22(2,3)12(9)19(30)34-21-18(29)16(27)14(25)11(33-21)8-31-20-17(28)15(26)13(24)10(7-23)32-20/h4-5,10-11,13-18,20-21,23-29H,6-8H2,1-3H3/t10-,11-,13+,14+,15+,16+,17+,18-,20-,21+/m0/s1. The van der Waals surface area contributed by atoms with E-state index in [9.17, 15) is 40.5 Å². The first-order chi connectivity index (χ1) is 15.9. The van der Waals surface area contributed by atoms with E-state index in [4.69, 9.17) is 18.9 Å². The zero-order chi connectivity index (χ0) is 25.4. The van der Waals surface area contributed by atoms with Gasteiger partial charge in [-0.25, -0.2) is 4.79 Å². The molecule has 12 nitrogen and oxygen atoms in total. The molecule has 0 spiro atoms. The molecule has 0 aromatic rings. The summed E-state index contributed by atoms with van der Waals surface area (Å²) in [4.78, 5) is 12.9. The van der Waals surface area contributed by atoms with Gasteiger partial charge >= 0.3 is 5.97 Å². The molecule has 194 valence electrons. The van der Waals surface area contributed by atoms with Crippen molar-refractivity contribution in [1.82, 2.24) is 0 Å². The third-order valence-corrected chi connectivity index (χ3v) is 6.44. The summed E-state index contributed by atoms with van der Waals surface area (Å²) in [7, 11) is 0. The molecule has 0 amide bonds. The number of aliphatic hydroxyl groups excluding tert-OH is 7. The molecule has 0 aromatic carbocycles. The summed E-state index contributed by atoms with van der Waals surface area (Å²) < 4.78 is 21.5. The zero-order valence-corrected chi connectivity index (χ0v) is 19.2. The van der Waals surface area contributed by atoms with Crippen LogP contribution in [-0.2, 0) is 23.7 Å². The molecule has 2 aliphatic heterocycles. The van der Waals surface area contributed by atoms with E-state index in [2.05, 4.69) is 0 Å². The molecule has 0 radical (unpaired) electrons. The van der Waals surface area contributed by atoms with E-state index in [-0.39, 0.29) is 0 Å². The summed E-state index contributed by atoms with van der Waals surface area (Å²) in [6.07, 6.45) is -11.4. The van der Waals surface area contributed by atoms with Gasteiger partial charge in [0.25, 0.3) is 0 Å². The smallest absolute Gasteiger partial charge is 0.337 e. The second kappa shape index (κ2) is 10.7. The van der Waals surface area contributed by atoms with Crippen molar-refractivity contribution in [2.75, 3.05) is 13.2 Å². The fraction of sp³-hybridized carbons (Fsp3) is 0.773. The Morgan fingerprint density at radius 2 is 1.50 bits per heavy atom. The summed E-state index contributed by atoms with van der Waals surface area (Å²) in [6.45, 7) is 4.31. The second-order valence-electron chi connectivity index (χ2n) is 9.50. The summed E-state index contributed by atoms with van der Waals surface area (Å²) in [5.41, 5.74) is 0.550. The van der Waals surface area contributed by atoms with Crippen molar-refractivity contribution in [1.29, 1.82) is 0 Å². The number of carbonyl (C=O) groups excluding carboxylic acids is 1. The lowest BCUT2D eigenvalue weighted by Crippen LogP contribution is -2.62. The number of allylic oxidation sites excluding steroid dienone is 3. The average molecular weight is 491 g/mol. The first-order valence-electron chi connectivity index (χ1n) is 11.1. The number of esters is 1. The minimum absolute atomic E-state index is 0.389. The van der Waals surface area contributed by atoms with E-state index in [0.29, 0.717) is 17.6 Å². The van der Waals surface area contributed by atoms with Crippen molar-refractivity contribution in [3.63, 3.8) is 0 Å². The average Bonchev–Trinajstić information content (AvgIpc) is 2.77. The van der Waals surface area contributed by atoms with Gasteiger partial charge in [0.2, 0.25) is 6.29 Å². The van der Waals surface area contributed by atoms with Gasteiger partial charge < -0.3 is 54.7 Å². The fourth-order valence-corrected chi connectivity index (χ4v) is 4.40. The third-order valence-electron chi connectivity index (χ3n) is 6.44. The Morgan fingerprint density at radius 3 is 2.09 bits per heavy atom. The maximum atomic E-state index is 12.9. The topological polar surface area (TPSA) is 196 Å². The third kappa shape index (κ3) is 5.36. The SMILES string of the molecule is CC1=C(C(=O)O[C@H]2O[C@@H](CO[C@H]3O[C@@H](CO)[C@@H](O)[C@@H](O)[C@H]3O)[C@@H](O)[C@@H](O)[C@@H]2O)C(C)(C)CC=C1. The van der Waals surface area contributed by atoms with Crippen molar-refractivity contribution in [2.24, 2.45) is 5.41 Å². The van der Waals surface area contributed by atoms with E-state index in [1.165, 1.54) is 0 Å². The Kier molecular flexibility index (Phi) is 8.51. The highest BCUT2D eigenvalue weighted by molar-refractivity contribution is 5.91. The number of rotatable bonds is 6. The van der Waals surface area contributed by atoms with Crippen molar-refractivity contribution >= 4 is 5.97 Å². The van der Waals surface area contributed by atoms with Gasteiger partial charge in [-0.15, -0.1) is 0 Å². The highest BCUT2D eigenvalue weighted by atomic mass is 16.7. The predicted molar refractivity (Wildman–Crippen MR) is 113 cm³/mol. The van der Waals surface area contributed by atoms with E-state index in [1.807, 2.05) is 19.9 Å². The van der Waals surface area contributed by atoms with E-state index in [1.54, 1.807) is 13.0 Å². The highest BCUT2D eigenvalue weighted by Crippen LogP contribution is 2.38. The summed E-state index contributed by atoms with van der Waals surface area (Å²) >= 11 is 0. The number of hydrogen-bond acceptors (Lipinski definition) is 12. The van der Waals surface area contributed by atoms with Crippen LogP contribution in [0.15, 0.2) is 23.3 Å². The monoisotopic (exact) mass is 490 g/mol. The molecule has 34 heavy (non-hydrogen) atoms. The van der Waals surface area contributed by atoms with Gasteiger partial charge in [0.1, 0.15) is 48.8 Å². The maximum Gasteiger partial charge on any atom is 0.337 e. The Balaban J connectivity index is 1.68. The van der Waals surface area contributed by atoms with Crippen molar-refractivity contribution in [2.45, 2.75) is 88.6 Å². The molecule has 1 aliphatic carbocycles. The summed E-state index contributed by atoms with van der Waals surface area (Å²) in [6, 6.07) is 0. The van der Waals surface area contributed by atoms with Crippen LogP contribution >= 0.6 is 0 Å². The van der Waals surface area contributed by atoms with Crippen molar-refractivity contribution in [3.8, 4) is 0 Å². The van der Waals surface area contributed by atoms with E-state index >= 15 is 0 Å². The molecule has 2 saturated heterocycles. The maximum absolute atomic E-state index is 12.9. The van der Waals surface area contributed by atoms with Crippen LogP contribution in [0.25, 0.3) is 0 Å². The van der Waals surface area contributed by atoms with Gasteiger partial charge in [0.05, 0.1) is 13.2 Å². The van der Waals surface area contributed by atoms with Crippen molar-refractivity contribution in [3.05, 3.63) is 23.3 Å². The largest absolute Gasteiger partial charge is 0.429 e. The van der Waals surface area contributed by atoms with Gasteiger partial charge in [0.15, 0.2) is 6.29 Å².